The molecule has 0 saturated heterocycles. The molecule has 4 nitrogen and oxygen atoms in total. The van der Waals surface area contributed by atoms with E-state index in [4.69, 9.17) is 10.4 Å². The fourth-order valence-electron chi connectivity index (χ4n) is 1.45. The number of nitriles is 1. The van der Waals surface area contributed by atoms with Gasteiger partial charge in [0, 0.05) is 19.5 Å². The SMILES string of the molecule is CCN(CCC#N)Cc1ccsc1C(=O)O. The lowest BCUT2D eigenvalue weighted by atomic mass is 10.2. The van der Waals surface area contributed by atoms with Crippen molar-refractivity contribution in [2.45, 2.75) is 19.9 Å². The zero-order chi connectivity index (χ0) is 12.0. The Morgan fingerprint density at radius 1 is 1.69 bits per heavy atom. The van der Waals surface area contributed by atoms with E-state index in [1.165, 1.54) is 11.3 Å². The van der Waals surface area contributed by atoms with Gasteiger partial charge in [-0.3, -0.25) is 4.90 Å². The lowest BCUT2D eigenvalue weighted by Crippen LogP contribution is -2.24. The standard InChI is InChI=1S/C11H14N2O2S/c1-2-13(6-3-5-12)8-9-4-7-16-10(9)11(14)15/h4,7H,2-3,6,8H2,1H3,(H,14,15). The van der Waals surface area contributed by atoms with Gasteiger partial charge >= 0.3 is 5.97 Å². The summed E-state index contributed by atoms with van der Waals surface area (Å²) in [7, 11) is 0. The highest BCUT2D eigenvalue weighted by Crippen LogP contribution is 2.18. The molecule has 1 N–H and O–H groups in total. The summed E-state index contributed by atoms with van der Waals surface area (Å²) in [5.74, 6) is -0.874. The Labute approximate surface area is 98.7 Å². The van der Waals surface area contributed by atoms with Gasteiger partial charge in [0.05, 0.1) is 6.07 Å². The minimum atomic E-state index is -0.874. The van der Waals surface area contributed by atoms with Crippen LogP contribution in [-0.4, -0.2) is 29.1 Å². The predicted octanol–water partition coefficient (Wildman–Crippen LogP) is 2.18. The number of rotatable bonds is 6. The van der Waals surface area contributed by atoms with Gasteiger partial charge in [0.25, 0.3) is 0 Å². The van der Waals surface area contributed by atoms with Crippen molar-refractivity contribution >= 4 is 17.3 Å². The molecule has 0 unspecified atom stereocenters. The molecule has 0 radical (unpaired) electrons. The van der Waals surface area contributed by atoms with E-state index in [0.717, 1.165) is 12.1 Å². The van der Waals surface area contributed by atoms with Gasteiger partial charge in [0.2, 0.25) is 0 Å². The third-order valence-corrected chi connectivity index (χ3v) is 3.27. The monoisotopic (exact) mass is 238 g/mol. The average Bonchev–Trinajstić information content (AvgIpc) is 2.72. The highest BCUT2D eigenvalue weighted by atomic mass is 32.1. The van der Waals surface area contributed by atoms with E-state index in [2.05, 4.69) is 11.0 Å². The molecule has 0 aliphatic rings. The summed E-state index contributed by atoms with van der Waals surface area (Å²) < 4.78 is 0. The number of hydrogen-bond acceptors (Lipinski definition) is 4. The van der Waals surface area contributed by atoms with Gasteiger partial charge in [-0.15, -0.1) is 11.3 Å². The van der Waals surface area contributed by atoms with Crippen molar-refractivity contribution in [3.05, 3.63) is 21.9 Å². The molecule has 0 spiro atoms. The summed E-state index contributed by atoms with van der Waals surface area (Å²) in [6.07, 6.45) is 0.473. The van der Waals surface area contributed by atoms with Crippen molar-refractivity contribution < 1.29 is 9.90 Å². The number of thiophene rings is 1. The summed E-state index contributed by atoms with van der Waals surface area (Å²) in [6, 6.07) is 3.93. The lowest BCUT2D eigenvalue weighted by molar-refractivity contribution is 0.0700. The quantitative estimate of drug-likeness (QED) is 0.825. The molecule has 1 rings (SSSR count). The average molecular weight is 238 g/mol. The molecular formula is C11H14N2O2S. The second-order valence-corrected chi connectivity index (χ2v) is 4.27. The molecule has 0 bridgehead atoms. The summed E-state index contributed by atoms with van der Waals surface area (Å²) in [5.41, 5.74) is 0.831. The summed E-state index contributed by atoms with van der Waals surface area (Å²) in [4.78, 5) is 13.4. The molecule has 0 aliphatic carbocycles. The Morgan fingerprint density at radius 2 is 2.44 bits per heavy atom. The largest absolute Gasteiger partial charge is 0.477 e. The number of carbonyl (C=O) groups is 1. The summed E-state index contributed by atoms with van der Waals surface area (Å²) >= 11 is 1.24. The normalized spacial score (nSPS) is 10.3. The van der Waals surface area contributed by atoms with Gasteiger partial charge < -0.3 is 5.11 Å². The fourth-order valence-corrected chi connectivity index (χ4v) is 2.20. The molecule has 0 aliphatic heterocycles. The molecule has 1 aromatic rings. The van der Waals surface area contributed by atoms with E-state index in [1.54, 1.807) is 5.38 Å². The molecule has 0 atom stereocenters. The second-order valence-electron chi connectivity index (χ2n) is 3.36. The number of carboxylic acids is 1. The van der Waals surface area contributed by atoms with Gasteiger partial charge in [0.1, 0.15) is 4.88 Å². The zero-order valence-corrected chi connectivity index (χ0v) is 9.96. The molecule has 1 aromatic heterocycles. The van der Waals surface area contributed by atoms with Crippen LogP contribution < -0.4 is 0 Å². The van der Waals surface area contributed by atoms with Crippen LogP contribution in [0, 0.1) is 11.3 Å². The Kier molecular flexibility index (Phi) is 4.96. The van der Waals surface area contributed by atoms with E-state index in [9.17, 15) is 4.79 Å². The Morgan fingerprint density at radius 3 is 3.00 bits per heavy atom. The van der Waals surface area contributed by atoms with Crippen LogP contribution in [0.15, 0.2) is 11.4 Å². The first-order chi connectivity index (χ1) is 7.69. The number of hydrogen-bond donors (Lipinski definition) is 1. The van der Waals surface area contributed by atoms with Crippen molar-refractivity contribution in [2.24, 2.45) is 0 Å². The number of carboxylic acid groups (broad SMARTS) is 1. The molecule has 0 aromatic carbocycles. The van der Waals surface area contributed by atoms with E-state index < -0.39 is 5.97 Å². The third kappa shape index (κ3) is 3.33. The van der Waals surface area contributed by atoms with Gasteiger partial charge in [-0.1, -0.05) is 6.92 Å². The molecular weight excluding hydrogens is 224 g/mol. The van der Waals surface area contributed by atoms with Crippen molar-refractivity contribution in [3.63, 3.8) is 0 Å². The van der Waals surface area contributed by atoms with E-state index in [1.807, 2.05) is 13.0 Å². The van der Waals surface area contributed by atoms with Crippen molar-refractivity contribution in [3.8, 4) is 6.07 Å². The highest BCUT2D eigenvalue weighted by molar-refractivity contribution is 7.12. The topological polar surface area (TPSA) is 64.3 Å². The maximum Gasteiger partial charge on any atom is 0.346 e. The Hall–Kier alpha value is -1.38. The molecule has 86 valence electrons. The van der Waals surface area contributed by atoms with Crippen molar-refractivity contribution in [1.82, 2.24) is 4.90 Å². The van der Waals surface area contributed by atoms with Crippen molar-refractivity contribution in [1.29, 1.82) is 5.26 Å². The fraction of sp³-hybridized carbons (Fsp3) is 0.455. The van der Waals surface area contributed by atoms with E-state index >= 15 is 0 Å². The summed E-state index contributed by atoms with van der Waals surface area (Å²) in [5, 5.41) is 19.3. The smallest absolute Gasteiger partial charge is 0.346 e. The van der Waals surface area contributed by atoms with Crippen LogP contribution in [0.5, 0.6) is 0 Å². The maximum absolute atomic E-state index is 10.9. The second kappa shape index (κ2) is 6.26. The van der Waals surface area contributed by atoms with E-state index in [-0.39, 0.29) is 0 Å². The number of nitrogens with zero attached hydrogens (tertiary/aromatic N) is 2. The van der Waals surface area contributed by atoms with Crippen molar-refractivity contribution in [2.75, 3.05) is 13.1 Å². The Balaban J connectivity index is 2.67. The third-order valence-electron chi connectivity index (χ3n) is 2.32. The zero-order valence-electron chi connectivity index (χ0n) is 9.14. The lowest BCUT2D eigenvalue weighted by Gasteiger charge is -2.18. The summed E-state index contributed by atoms with van der Waals surface area (Å²) in [6.45, 7) is 4.10. The van der Waals surface area contributed by atoms with Crippen LogP contribution in [0.1, 0.15) is 28.6 Å². The first-order valence-electron chi connectivity index (χ1n) is 5.08. The van der Waals surface area contributed by atoms with Crippen LogP contribution in [0.4, 0.5) is 0 Å². The predicted molar refractivity (Wildman–Crippen MR) is 62.5 cm³/mol. The van der Waals surface area contributed by atoms with Crippen LogP contribution in [0.2, 0.25) is 0 Å². The minimum Gasteiger partial charge on any atom is -0.477 e. The first-order valence-corrected chi connectivity index (χ1v) is 5.96. The van der Waals surface area contributed by atoms with Crippen LogP contribution in [-0.2, 0) is 6.54 Å². The molecule has 16 heavy (non-hydrogen) atoms. The maximum atomic E-state index is 10.9. The van der Waals surface area contributed by atoms with Gasteiger partial charge in [-0.25, -0.2) is 4.79 Å². The van der Waals surface area contributed by atoms with E-state index in [0.29, 0.717) is 24.4 Å². The highest BCUT2D eigenvalue weighted by Gasteiger charge is 2.13. The molecule has 1 heterocycles. The first kappa shape index (κ1) is 12.7. The van der Waals surface area contributed by atoms with Gasteiger partial charge in [0.15, 0.2) is 0 Å². The van der Waals surface area contributed by atoms with Gasteiger partial charge in [-0.2, -0.15) is 5.26 Å². The molecule has 5 heteroatoms. The van der Waals surface area contributed by atoms with Crippen LogP contribution >= 0.6 is 11.3 Å². The molecule has 0 saturated carbocycles. The Bertz CT molecular complexity index is 395. The molecule has 0 amide bonds. The van der Waals surface area contributed by atoms with Crippen LogP contribution in [0.3, 0.4) is 0 Å². The minimum absolute atomic E-state index is 0.399. The number of aromatic carboxylic acids is 1. The van der Waals surface area contributed by atoms with Crippen LogP contribution in [0.25, 0.3) is 0 Å². The molecule has 0 fully saturated rings. The van der Waals surface area contributed by atoms with Gasteiger partial charge in [-0.05, 0) is 23.6 Å².